The summed E-state index contributed by atoms with van der Waals surface area (Å²) >= 11 is 0. The second kappa shape index (κ2) is 7.34. The van der Waals surface area contributed by atoms with E-state index in [2.05, 4.69) is 10.4 Å². The van der Waals surface area contributed by atoms with Gasteiger partial charge in [-0.15, -0.1) is 0 Å². The third-order valence-electron chi connectivity index (χ3n) is 4.92. The summed E-state index contributed by atoms with van der Waals surface area (Å²) < 4.78 is 45.8. The topological polar surface area (TPSA) is 56.2 Å². The number of nitrogens with one attached hydrogen (secondary N) is 1. The maximum absolute atomic E-state index is 13.0. The summed E-state index contributed by atoms with van der Waals surface area (Å²) in [6.45, 7) is 6.04. The highest BCUT2D eigenvalue weighted by Crippen LogP contribution is 2.31. The van der Waals surface area contributed by atoms with E-state index in [1.165, 1.54) is 10.7 Å². The molecular weight excluding hydrogens is 359 g/mol. The maximum atomic E-state index is 13.0. The Morgan fingerprint density at radius 2 is 2.11 bits per heavy atom. The van der Waals surface area contributed by atoms with Crippen molar-refractivity contribution >= 4 is 5.91 Å². The van der Waals surface area contributed by atoms with Crippen LogP contribution in [-0.4, -0.2) is 34.4 Å². The molecule has 0 spiro atoms. The van der Waals surface area contributed by atoms with Gasteiger partial charge in [0.05, 0.1) is 35.5 Å². The monoisotopic (exact) mass is 381 g/mol. The van der Waals surface area contributed by atoms with E-state index in [9.17, 15) is 18.0 Å². The van der Waals surface area contributed by atoms with Crippen LogP contribution in [0.5, 0.6) is 0 Å². The van der Waals surface area contributed by atoms with E-state index in [0.29, 0.717) is 23.7 Å². The summed E-state index contributed by atoms with van der Waals surface area (Å²) in [6.07, 6.45) is -3.55. The number of carbonyl (C=O) groups excluding carboxylic acids is 1. The smallest absolute Gasteiger partial charge is 0.376 e. The Hall–Kier alpha value is -2.35. The fourth-order valence-electron chi connectivity index (χ4n) is 3.34. The van der Waals surface area contributed by atoms with Gasteiger partial charge < -0.3 is 10.1 Å². The molecule has 1 aromatic heterocycles. The summed E-state index contributed by atoms with van der Waals surface area (Å²) in [7, 11) is 0. The number of nitrogens with zero attached hydrogens (tertiary/aromatic N) is 2. The zero-order valence-corrected chi connectivity index (χ0v) is 15.4. The molecule has 0 saturated carbocycles. The maximum Gasteiger partial charge on any atom is 0.416 e. The summed E-state index contributed by atoms with van der Waals surface area (Å²) in [5, 5.41) is 7.31. The van der Waals surface area contributed by atoms with Gasteiger partial charge in [0.25, 0.3) is 0 Å². The Kier molecular flexibility index (Phi) is 5.28. The molecule has 5 nitrogen and oxygen atoms in total. The van der Waals surface area contributed by atoms with Crippen LogP contribution in [0.3, 0.4) is 0 Å². The molecular formula is C19H22F3N3O2. The first kappa shape index (κ1) is 19.4. The number of halogens is 3. The standard InChI is InChI=1S/C19H22F3N3O2/c1-11-16(10-18(26)23-17-7-8-27-13(17)3)12(2)25(24-11)15-6-4-5-14(9-15)19(20,21)22/h4-6,9,13,17H,7-8,10H2,1-3H3,(H,23,26)/t13-,17+/m0/s1. The number of rotatable bonds is 4. The number of ether oxygens (including phenoxy) is 1. The van der Waals surface area contributed by atoms with Crippen molar-refractivity contribution in [2.24, 2.45) is 0 Å². The number of hydrogen-bond acceptors (Lipinski definition) is 3. The normalized spacial score (nSPS) is 20.1. The molecule has 1 aliphatic rings. The molecule has 0 unspecified atom stereocenters. The van der Waals surface area contributed by atoms with E-state index >= 15 is 0 Å². The Bertz CT molecular complexity index is 845. The van der Waals surface area contributed by atoms with Crippen molar-refractivity contribution in [3.8, 4) is 5.69 Å². The van der Waals surface area contributed by atoms with Gasteiger partial charge in [-0.05, 0) is 45.4 Å². The number of carbonyl (C=O) groups is 1. The van der Waals surface area contributed by atoms with Gasteiger partial charge in [-0.2, -0.15) is 18.3 Å². The molecule has 2 heterocycles. The average Bonchev–Trinajstić information content (AvgIpc) is 3.12. The van der Waals surface area contributed by atoms with E-state index in [1.807, 2.05) is 6.92 Å². The van der Waals surface area contributed by atoms with Crippen molar-refractivity contribution in [3.05, 3.63) is 46.8 Å². The number of hydrogen-bond donors (Lipinski definition) is 1. The van der Waals surface area contributed by atoms with Crippen LogP contribution in [0, 0.1) is 13.8 Å². The summed E-state index contributed by atoms with van der Waals surface area (Å²) in [6, 6.07) is 4.98. The molecule has 1 aromatic carbocycles. The Morgan fingerprint density at radius 3 is 2.74 bits per heavy atom. The minimum Gasteiger partial charge on any atom is -0.376 e. The summed E-state index contributed by atoms with van der Waals surface area (Å²) in [5.74, 6) is -0.146. The fourth-order valence-corrected chi connectivity index (χ4v) is 3.34. The van der Waals surface area contributed by atoms with Gasteiger partial charge in [-0.3, -0.25) is 4.79 Å². The van der Waals surface area contributed by atoms with Crippen molar-refractivity contribution in [1.29, 1.82) is 0 Å². The van der Waals surface area contributed by atoms with Crippen molar-refractivity contribution in [3.63, 3.8) is 0 Å². The largest absolute Gasteiger partial charge is 0.416 e. The molecule has 3 rings (SSSR count). The van der Waals surface area contributed by atoms with Gasteiger partial charge in [-0.1, -0.05) is 6.07 Å². The second-order valence-electron chi connectivity index (χ2n) is 6.82. The van der Waals surface area contributed by atoms with Crippen LogP contribution in [-0.2, 0) is 22.1 Å². The number of aryl methyl sites for hydroxylation is 1. The van der Waals surface area contributed by atoms with Crippen LogP contribution >= 0.6 is 0 Å². The lowest BCUT2D eigenvalue weighted by Gasteiger charge is -2.16. The Morgan fingerprint density at radius 1 is 1.37 bits per heavy atom. The van der Waals surface area contributed by atoms with Crippen molar-refractivity contribution < 1.29 is 22.7 Å². The third kappa shape index (κ3) is 4.16. The quantitative estimate of drug-likeness (QED) is 0.884. The lowest BCUT2D eigenvalue weighted by molar-refractivity contribution is -0.137. The predicted octanol–water partition coefficient (Wildman–Crippen LogP) is 3.34. The van der Waals surface area contributed by atoms with E-state index in [0.717, 1.165) is 24.1 Å². The lowest BCUT2D eigenvalue weighted by atomic mass is 10.1. The zero-order valence-electron chi connectivity index (χ0n) is 15.4. The van der Waals surface area contributed by atoms with Crippen molar-refractivity contribution in [2.45, 2.75) is 51.9 Å². The molecule has 2 aromatic rings. The molecule has 0 aliphatic carbocycles. The minimum atomic E-state index is -4.42. The molecule has 146 valence electrons. The van der Waals surface area contributed by atoms with Gasteiger partial charge in [0, 0.05) is 17.9 Å². The highest BCUT2D eigenvalue weighted by molar-refractivity contribution is 5.79. The van der Waals surface area contributed by atoms with Gasteiger partial charge in [0.1, 0.15) is 0 Å². The highest BCUT2D eigenvalue weighted by atomic mass is 19.4. The summed E-state index contributed by atoms with van der Waals surface area (Å²) in [5.41, 5.74) is 1.57. The average molecular weight is 381 g/mol. The first-order valence-electron chi connectivity index (χ1n) is 8.80. The van der Waals surface area contributed by atoms with Crippen LogP contribution in [0.15, 0.2) is 24.3 Å². The van der Waals surface area contributed by atoms with E-state index in [4.69, 9.17) is 4.74 Å². The molecule has 1 aliphatic heterocycles. The molecule has 0 bridgehead atoms. The van der Waals surface area contributed by atoms with Crippen LogP contribution in [0.2, 0.25) is 0 Å². The number of benzene rings is 1. The molecule has 2 atom stereocenters. The molecule has 1 amide bonds. The zero-order chi connectivity index (χ0) is 19.8. The SMILES string of the molecule is Cc1nn(-c2cccc(C(F)(F)F)c2)c(C)c1CC(=O)N[C@@H]1CCO[C@H]1C. The highest BCUT2D eigenvalue weighted by Gasteiger charge is 2.31. The van der Waals surface area contributed by atoms with Crippen molar-refractivity contribution in [1.82, 2.24) is 15.1 Å². The third-order valence-corrected chi connectivity index (χ3v) is 4.92. The Balaban J connectivity index is 1.82. The molecule has 1 N–H and O–H groups in total. The molecule has 0 radical (unpaired) electrons. The van der Waals surface area contributed by atoms with Gasteiger partial charge in [-0.25, -0.2) is 4.68 Å². The minimum absolute atomic E-state index is 0.0170. The fraction of sp³-hybridized carbons (Fsp3) is 0.474. The van der Waals surface area contributed by atoms with Crippen LogP contribution in [0.1, 0.15) is 35.9 Å². The summed E-state index contributed by atoms with van der Waals surface area (Å²) in [4.78, 5) is 12.4. The molecule has 1 fully saturated rings. The van der Waals surface area contributed by atoms with Gasteiger partial charge in [0.15, 0.2) is 0 Å². The second-order valence-corrected chi connectivity index (χ2v) is 6.82. The molecule has 8 heteroatoms. The number of alkyl halides is 3. The Labute approximate surface area is 155 Å². The van der Waals surface area contributed by atoms with E-state index in [-0.39, 0.29) is 24.5 Å². The predicted molar refractivity (Wildman–Crippen MR) is 93.7 cm³/mol. The molecule has 1 saturated heterocycles. The van der Waals surface area contributed by atoms with Gasteiger partial charge >= 0.3 is 6.18 Å². The lowest BCUT2D eigenvalue weighted by Crippen LogP contribution is -2.40. The van der Waals surface area contributed by atoms with Crippen LogP contribution < -0.4 is 5.32 Å². The van der Waals surface area contributed by atoms with E-state index in [1.54, 1.807) is 19.9 Å². The van der Waals surface area contributed by atoms with E-state index < -0.39 is 11.7 Å². The van der Waals surface area contributed by atoms with Crippen molar-refractivity contribution in [2.75, 3.05) is 6.61 Å². The number of amides is 1. The van der Waals surface area contributed by atoms with Crippen LogP contribution in [0.4, 0.5) is 13.2 Å². The van der Waals surface area contributed by atoms with Gasteiger partial charge in [0.2, 0.25) is 5.91 Å². The first-order valence-corrected chi connectivity index (χ1v) is 8.80. The number of aromatic nitrogens is 2. The first-order chi connectivity index (χ1) is 12.7. The molecule has 27 heavy (non-hydrogen) atoms. The van der Waals surface area contributed by atoms with Crippen LogP contribution in [0.25, 0.3) is 5.69 Å².